The fourth-order valence-electron chi connectivity index (χ4n) is 1.36. The maximum Gasteiger partial charge on any atom is 0.326 e. The minimum absolute atomic E-state index is 0. The molecule has 0 aliphatic heterocycles. The Bertz CT molecular complexity index is 457. The number of aliphatic imine (C=N–C) groups is 1. The molecule has 0 spiro atoms. The summed E-state index contributed by atoms with van der Waals surface area (Å²) in [7, 11) is 0. The highest BCUT2D eigenvalue weighted by Crippen LogP contribution is 2.25. The molecule has 1 aromatic rings. The summed E-state index contributed by atoms with van der Waals surface area (Å²) in [5.41, 5.74) is 7.24. The van der Waals surface area contributed by atoms with Crippen molar-refractivity contribution in [2.24, 2.45) is 10.7 Å². The third-order valence-electron chi connectivity index (χ3n) is 2.10. The second kappa shape index (κ2) is 8.01. The first-order valence-electron chi connectivity index (χ1n) is 5.56. The van der Waals surface area contributed by atoms with E-state index in [9.17, 15) is 4.79 Å². The number of guanidine groups is 1. The SMILES string of the molecule is Cc1cccc(Br)c1NC(=O)NC(N)=NC(C)C.Cl. The van der Waals surface area contributed by atoms with Crippen LogP contribution in [0.5, 0.6) is 0 Å². The molecule has 5 nitrogen and oxygen atoms in total. The van der Waals surface area contributed by atoms with Crippen molar-refractivity contribution in [1.29, 1.82) is 0 Å². The van der Waals surface area contributed by atoms with Crippen LogP contribution >= 0.6 is 28.3 Å². The van der Waals surface area contributed by atoms with E-state index in [1.54, 1.807) is 0 Å². The molecular formula is C12H18BrClN4O. The normalized spacial score (nSPS) is 10.9. The van der Waals surface area contributed by atoms with Gasteiger partial charge >= 0.3 is 6.03 Å². The number of halogens is 2. The molecule has 19 heavy (non-hydrogen) atoms. The molecule has 106 valence electrons. The molecule has 0 heterocycles. The van der Waals surface area contributed by atoms with E-state index in [0.29, 0.717) is 5.69 Å². The van der Waals surface area contributed by atoms with Gasteiger partial charge in [0, 0.05) is 10.5 Å². The van der Waals surface area contributed by atoms with E-state index >= 15 is 0 Å². The van der Waals surface area contributed by atoms with Gasteiger partial charge in [-0.05, 0) is 48.3 Å². The highest BCUT2D eigenvalue weighted by Gasteiger charge is 2.08. The number of amides is 2. The molecule has 0 unspecified atom stereocenters. The zero-order chi connectivity index (χ0) is 13.7. The first-order chi connectivity index (χ1) is 8.40. The van der Waals surface area contributed by atoms with E-state index in [1.807, 2.05) is 39.0 Å². The number of benzene rings is 1. The number of carbonyl (C=O) groups excluding carboxylic acids is 1. The van der Waals surface area contributed by atoms with E-state index in [4.69, 9.17) is 5.73 Å². The van der Waals surface area contributed by atoms with Gasteiger partial charge in [-0.15, -0.1) is 12.4 Å². The average Bonchev–Trinajstić information content (AvgIpc) is 2.22. The van der Waals surface area contributed by atoms with Gasteiger partial charge in [-0.3, -0.25) is 10.3 Å². The molecule has 0 radical (unpaired) electrons. The van der Waals surface area contributed by atoms with Crippen LogP contribution in [0.2, 0.25) is 0 Å². The van der Waals surface area contributed by atoms with Crippen LogP contribution in [-0.2, 0) is 0 Å². The van der Waals surface area contributed by atoms with Crippen molar-refractivity contribution < 1.29 is 4.79 Å². The lowest BCUT2D eigenvalue weighted by Crippen LogP contribution is -2.40. The van der Waals surface area contributed by atoms with Gasteiger partial charge in [0.05, 0.1) is 5.69 Å². The monoisotopic (exact) mass is 348 g/mol. The fraction of sp³-hybridized carbons (Fsp3) is 0.333. The summed E-state index contributed by atoms with van der Waals surface area (Å²) >= 11 is 3.38. The van der Waals surface area contributed by atoms with E-state index < -0.39 is 6.03 Å². The molecule has 4 N–H and O–H groups in total. The lowest BCUT2D eigenvalue weighted by atomic mass is 10.2. The summed E-state index contributed by atoms with van der Waals surface area (Å²) in [5, 5.41) is 5.20. The highest BCUT2D eigenvalue weighted by molar-refractivity contribution is 9.10. The zero-order valence-electron chi connectivity index (χ0n) is 11.0. The second-order valence-corrected chi connectivity index (χ2v) is 4.97. The zero-order valence-corrected chi connectivity index (χ0v) is 13.4. The Balaban J connectivity index is 0.00000324. The number of para-hydroxylation sites is 1. The topological polar surface area (TPSA) is 79.5 Å². The molecule has 0 fully saturated rings. The molecule has 1 rings (SSSR count). The van der Waals surface area contributed by atoms with Gasteiger partial charge in [-0.2, -0.15) is 0 Å². The van der Waals surface area contributed by atoms with Crippen molar-refractivity contribution >= 4 is 46.0 Å². The number of nitrogens with one attached hydrogen (secondary N) is 2. The van der Waals surface area contributed by atoms with Crippen LogP contribution in [0.25, 0.3) is 0 Å². The Kier molecular flexibility index (Phi) is 7.48. The standard InChI is InChI=1S/C12H17BrN4O.ClH/c1-7(2)15-11(14)17-12(18)16-10-8(3)5-4-6-9(10)13;/h4-7H,1-3H3,(H4,14,15,16,17,18);1H. The van der Waals surface area contributed by atoms with Gasteiger partial charge in [0.2, 0.25) is 0 Å². The molecule has 0 aliphatic rings. The summed E-state index contributed by atoms with van der Waals surface area (Å²) in [6, 6.07) is 5.29. The molecule has 0 saturated heterocycles. The number of nitrogens with zero attached hydrogens (tertiary/aromatic N) is 1. The van der Waals surface area contributed by atoms with Crippen molar-refractivity contribution in [2.75, 3.05) is 5.32 Å². The Morgan fingerprint density at radius 2 is 2.05 bits per heavy atom. The lowest BCUT2D eigenvalue weighted by molar-refractivity contribution is 0.256. The molecule has 0 aliphatic carbocycles. The number of rotatable bonds is 2. The minimum atomic E-state index is -0.410. The van der Waals surface area contributed by atoms with Crippen LogP contribution in [0.1, 0.15) is 19.4 Å². The number of hydrogen-bond acceptors (Lipinski definition) is 2. The molecule has 7 heteroatoms. The Morgan fingerprint density at radius 1 is 1.42 bits per heavy atom. The van der Waals surface area contributed by atoms with E-state index in [0.717, 1.165) is 10.0 Å². The van der Waals surface area contributed by atoms with Crippen molar-refractivity contribution in [3.8, 4) is 0 Å². The maximum atomic E-state index is 11.7. The number of urea groups is 1. The predicted molar refractivity (Wildman–Crippen MR) is 85.0 cm³/mol. The third-order valence-corrected chi connectivity index (χ3v) is 2.76. The Hall–Kier alpha value is -1.27. The van der Waals surface area contributed by atoms with Crippen LogP contribution in [0, 0.1) is 6.92 Å². The maximum absolute atomic E-state index is 11.7. The summed E-state index contributed by atoms with van der Waals surface area (Å²) in [5.74, 6) is 0.104. The largest absolute Gasteiger partial charge is 0.370 e. The van der Waals surface area contributed by atoms with Gasteiger partial charge in [0.25, 0.3) is 0 Å². The quantitative estimate of drug-likeness (QED) is 0.567. The van der Waals surface area contributed by atoms with E-state index in [2.05, 4.69) is 31.6 Å². The smallest absolute Gasteiger partial charge is 0.326 e. The number of anilines is 1. The molecule has 1 aromatic carbocycles. The first kappa shape index (κ1) is 17.7. The molecular weight excluding hydrogens is 332 g/mol. The minimum Gasteiger partial charge on any atom is -0.370 e. The van der Waals surface area contributed by atoms with Crippen molar-refractivity contribution in [3.05, 3.63) is 28.2 Å². The van der Waals surface area contributed by atoms with Gasteiger partial charge in [0.1, 0.15) is 0 Å². The number of carbonyl (C=O) groups is 1. The van der Waals surface area contributed by atoms with E-state index in [-0.39, 0.29) is 24.4 Å². The first-order valence-corrected chi connectivity index (χ1v) is 6.36. The number of aryl methyl sites for hydroxylation is 1. The number of hydrogen-bond donors (Lipinski definition) is 3. The lowest BCUT2D eigenvalue weighted by Gasteiger charge is -2.11. The molecule has 0 bridgehead atoms. The van der Waals surface area contributed by atoms with Crippen LogP contribution in [-0.4, -0.2) is 18.0 Å². The third kappa shape index (κ3) is 5.94. The number of nitrogens with two attached hydrogens (primary N) is 1. The summed E-state index contributed by atoms with van der Waals surface area (Å²) in [6.07, 6.45) is 0. The van der Waals surface area contributed by atoms with Crippen LogP contribution in [0.15, 0.2) is 27.7 Å². The fourth-order valence-corrected chi connectivity index (χ4v) is 1.93. The molecule has 2 amide bonds. The molecule has 0 atom stereocenters. The van der Waals surface area contributed by atoms with Crippen LogP contribution < -0.4 is 16.4 Å². The average molecular weight is 350 g/mol. The molecule has 0 saturated carbocycles. The Morgan fingerprint density at radius 3 is 2.58 bits per heavy atom. The van der Waals surface area contributed by atoms with Crippen LogP contribution in [0.3, 0.4) is 0 Å². The predicted octanol–water partition coefficient (Wildman–Crippen LogP) is 3.02. The van der Waals surface area contributed by atoms with Crippen molar-refractivity contribution in [2.45, 2.75) is 26.8 Å². The molecule has 0 aromatic heterocycles. The van der Waals surface area contributed by atoms with Crippen molar-refractivity contribution in [1.82, 2.24) is 5.32 Å². The summed E-state index contributed by atoms with van der Waals surface area (Å²) in [4.78, 5) is 15.7. The Labute approximate surface area is 127 Å². The van der Waals surface area contributed by atoms with E-state index in [1.165, 1.54) is 0 Å². The van der Waals surface area contributed by atoms with Gasteiger partial charge in [-0.1, -0.05) is 12.1 Å². The van der Waals surface area contributed by atoms with Gasteiger partial charge in [0.15, 0.2) is 5.96 Å². The summed E-state index contributed by atoms with van der Waals surface area (Å²) < 4.78 is 0.817. The van der Waals surface area contributed by atoms with Gasteiger partial charge < -0.3 is 11.1 Å². The summed E-state index contributed by atoms with van der Waals surface area (Å²) in [6.45, 7) is 5.67. The van der Waals surface area contributed by atoms with Crippen LogP contribution in [0.4, 0.5) is 10.5 Å². The van der Waals surface area contributed by atoms with Crippen molar-refractivity contribution in [3.63, 3.8) is 0 Å². The second-order valence-electron chi connectivity index (χ2n) is 4.12. The van der Waals surface area contributed by atoms with Gasteiger partial charge in [-0.25, -0.2) is 4.79 Å². The highest BCUT2D eigenvalue weighted by atomic mass is 79.9.